The van der Waals surface area contributed by atoms with Crippen LogP contribution in [0.25, 0.3) is 0 Å². The zero-order chi connectivity index (χ0) is 21.8. The van der Waals surface area contributed by atoms with E-state index in [0.29, 0.717) is 51.1 Å². The van der Waals surface area contributed by atoms with Gasteiger partial charge in [-0.15, -0.1) is 0 Å². The second-order valence-corrected chi connectivity index (χ2v) is 8.08. The van der Waals surface area contributed by atoms with Crippen molar-refractivity contribution in [1.29, 1.82) is 0 Å². The average molecular weight is 430 g/mol. The Bertz CT molecular complexity index is 936. The Morgan fingerprint density at radius 2 is 1.84 bits per heavy atom. The number of piperidine rings is 1. The van der Waals surface area contributed by atoms with Crippen LogP contribution >= 0.6 is 0 Å². The number of likely N-dealkylation sites (tertiary alicyclic amines) is 2. The van der Waals surface area contributed by atoms with Gasteiger partial charge in [0.2, 0.25) is 5.91 Å². The highest BCUT2D eigenvalue weighted by molar-refractivity contribution is 5.94. The highest BCUT2D eigenvalue weighted by Gasteiger charge is 2.33. The fourth-order valence-electron chi connectivity index (χ4n) is 4.14. The van der Waals surface area contributed by atoms with E-state index in [-0.39, 0.29) is 23.3 Å². The number of carbonyl (C=O) groups excluding carboxylic acids is 2. The van der Waals surface area contributed by atoms with Crippen molar-refractivity contribution in [3.05, 3.63) is 53.9 Å². The van der Waals surface area contributed by atoms with Crippen molar-refractivity contribution in [2.45, 2.75) is 19.3 Å². The summed E-state index contributed by atoms with van der Waals surface area (Å²) in [5.41, 5.74) is 0.150. The Hall–Kier alpha value is -3.10. The van der Waals surface area contributed by atoms with Gasteiger partial charge in [-0.3, -0.25) is 9.59 Å². The second-order valence-electron chi connectivity index (χ2n) is 8.08. The monoisotopic (exact) mass is 430 g/mol. The first-order valence-corrected chi connectivity index (χ1v) is 10.4. The van der Waals surface area contributed by atoms with Crippen molar-refractivity contribution >= 4 is 11.8 Å². The van der Waals surface area contributed by atoms with Crippen LogP contribution in [0, 0.1) is 23.5 Å². The summed E-state index contributed by atoms with van der Waals surface area (Å²) in [7, 11) is 0. The van der Waals surface area contributed by atoms with E-state index in [1.165, 1.54) is 6.07 Å². The third-order valence-electron chi connectivity index (χ3n) is 5.83. The lowest BCUT2D eigenvalue weighted by Gasteiger charge is -2.34. The Morgan fingerprint density at radius 1 is 1.10 bits per heavy atom. The van der Waals surface area contributed by atoms with Gasteiger partial charge in [0.15, 0.2) is 11.6 Å². The molecule has 2 aromatic rings. The average Bonchev–Trinajstić information content (AvgIpc) is 3.14. The molecule has 2 saturated heterocycles. The fourth-order valence-corrected chi connectivity index (χ4v) is 4.14. The van der Waals surface area contributed by atoms with Crippen LogP contribution in [0.3, 0.4) is 0 Å². The van der Waals surface area contributed by atoms with Crippen LogP contribution in [-0.2, 0) is 4.79 Å². The van der Waals surface area contributed by atoms with E-state index >= 15 is 0 Å². The van der Waals surface area contributed by atoms with Crippen LogP contribution < -0.4 is 4.74 Å². The summed E-state index contributed by atoms with van der Waals surface area (Å²) in [5, 5.41) is 0. The quantitative estimate of drug-likeness (QED) is 0.704. The lowest BCUT2D eigenvalue weighted by Crippen LogP contribution is -2.42. The molecule has 0 N–H and O–H groups in total. The standard InChI is InChI=1S/C22H24F2N4O3/c23-18-3-2-17(11-19(18)24)21(30)27-8-4-15(5-9-27)12-28-13-16(10-20(28)29)14-31-22-25-6-1-7-26-22/h1-3,6-7,11,15-16H,4-5,8-10,12-14H2. The number of halogens is 2. The molecule has 164 valence electrons. The molecule has 1 aromatic heterocycles. The van der Waals surface area contributed by atoms with Gasteiger partial charge in [0.05, 0.1) is 6.61 Å². The van der Waals surface area contributed by atoms with E-state index < -0.39 is 11.6 Å². The molecule has 2 fully saturated rings. The Labute approximate surface area is 179 Å². The molecule has 2 aliphatic heterocycles. The Balaban J connectivity index is 1.23. The number of aromatic nitrogens is 2. The SMILES string of the molecule is O=C1CC(COc2ncccn2)CN1CC1CCN(C(=O)c2ccc(F)c(F)c2)CC1. The van der Waals surface area contributed by atoms with Gasteiger partial charge in [-0.05, 0) is 43.0 Å². The summed E-state index contributed by atoms with van der Waals surface area (Å²) < 4.78 is 32.1. The summed E-state index contributed by atoms with van der Waals surface area (Å²) >= 11 is 0. The first-order chi connectivity index (χ1) is 15.0. The molecule has 0 saturated carbocycles. The van der Waals surface area contributed by atoms with Crippen LogP contribution in [0.15, 0.2) is 36.7 Å². The molecule has 0 radical (unpaired) electrons. The topological polar surface area (TPSA) is 75.6 Å². The molecule has 1 aromatic carbocycles. The molecule has 1 unspecified atom stereocenters. The minimum absolute atomic E-state index is 0.103. The van der Waals surface area contributed by atoms with E-state index in [1.807, 2.05) is 4.90 Å². The molecular weight excluding hydrogens is 406 g/mol. The smallest absolute Gasteiger partial charge is 0.316 e. The van der Waals surface area contributed by atoms with E-state index in [4.69, 9.17) is 4.74 Å². The van der Waals surface area contributed by atoms with Gasteiger partial charge < -0.3 is 14.5 Å². The summed E-state index contributed by atoms with van der Waals surface area (Å²) in [5.74, 6) is -1.77. The van der Waals surface area contributed by atoms with Crippen molar-refractivity contribution < 1.29 is 23.1 Å². The van der Waals surface area contributed by atoms with Crippen LogP contribution in [-0.4, -0.2) is 64.4 Å². The lowest BCUT2D eigenvalue weighted by molar-refractivity contribution is -0.128. The number of benzene rings is 1. The zero-order valence-corrected chi connectivity index (χ0v) is 17.0. The molecule has 2 amide bonds. The van der Waals surface area contributed by atoms with Crippen molar-refractivity contribution in [3.63, 3.8) is 0 Å². The van der Waals surface area contributed by atoms with Crippen LogP contribution in [0.4, 0.5) is 8.78 Å². The van der Waals surface area contributed by atoms with Gasteiger partial charge >= 0.3 is 6.01 Å². The van der Waals surface area contributed by atoms with Gasteiger partial charge in [0, 0.05) is 56.5 Å². The molecule has 0 aliphatic carbocycles. The number of amides is 2. The highest BCUT2D eigenvalue weighted by atomic mass is 19.2. The molecule has 0 bridgehead atoms. The summed E-state index contributed by atoms with van der Waals surface area (Å²) in [6, 6.07) is 5.24. The van der Waals surface area contributed by atoms with Crippen molar-refractivity contribution in [2.24, 2.45) is 11.8 Å². The maximum Gasteiger partial charge on any atom is 0.316 e. The van der Waals surface area contributed by atoms with E-state index in [2.05, 4.69) is 9.97 Å². The summed E-state index contributed by atoms with van der Waals surface area (Å²) in [6.07, 6.45) is 5.19. The predicted molar refractivity (Wildman–Crippen MR) is 107 cm³/mol. The largest absolute Gasteiger partial charge is 0.463 e. The maximum absolute atomic E-state index is 13.4. The third kappa shape index (κ3) is 5.15. The molecule has 3 heterocycles. The molecule has 0 spiro atoms. The Morgan fingerprint density at radius 3 is 2.55 bits per heavy atom. The molecular formula is C22H24F2N4O3. The van der Waals surface area contributed by atoms with E-state index in [9.17, 15) is 18.4 Å². The number of hydrogen-bond acceptors (Lipinski definition) is 5. The molecule has 9 heteroatoms. The molecule has 1 atom stereocenters. The number of carbonyl (C=O) groups is 2. The van der Waals surface area contributed by atoms with E-state index in [0.717, 1.165) is 25.0 Å². The Kier molecular flexibility index (Phi) is 6.39. The van der Waals surface area contributed by atoms with Crippen LogP contribution in [0.5, 0.6) is 6.01 Å². The first kappa shape index (κ1) is 21.1. The second kappa shape index (κ2) is 9.36. The van der Waals surface area contributed by atoms with Crippen molar-refractivity contribution in [3.8, 4) is 6.01 Å². The number of nitrogens with zero attached hydrogens (tertiary/aromatic N) is 4. The van der Waals surface area contributed by atoms with Crippen molar-refractivity contribution in [2.75, 3.05) is 32.8 Å². The molecule has 31 heavy (non-hydrogen) atoms. The molecule has 4 rings (SSSR count). The minimum atomic E-state index is -1.02. The zero-order valence-electron chi connectivity index (χ0n) is 17.0. The summed E-state index contributed by atoms with van der Waals surface area (Å²) in [6.45, 7) is 2.75. The van der Waals surface area contributed by atoms with Crippen LogP contribution in [0.2, 0.25) is 0 Å². The molecule has 7 nitrogen and oxygen atoms in total. The van der Waals surface area contributed by atoms with Gasteiger partial charge in [-0.1, -0.05) is 0 Å². The minimum Gasteiger partial charge on any atom is -0.463 e. The van der Waals surface area contributed by atoms with Crippen molar-refractivity contribution in [1.82, 2.24) is 19.8 Å². The van der Waals surface area contributed by atoms with Gasteiger partial charge in [0.25, 0.3) is 5.91 Å². The van der Waals surface area contributed by atoms with Gasteiger partial charge in [-0.2, -0.15) is 0 Å². The normalized spacial score (nSPS) is 19.7. The fraction of sp³-hybridized carbons (Fsp3) is 0.455. The number of hydrogen-bond donors (Lipinski definition) is 0. The first-order valence-electron chi connectivity index (χ1n) is 10.4. The van der Waals surface area contributed by atoms with Gasteiger partial charge in [0.1, 0.15) is 0 Å². The molecule has 2 aliphatic rings. The van der Waals surface area contributed by atoms with E-state index in [1.54, 1.807) is 23.4 Å². The van der Waals surface area contributed by atoms with Crippen LogP contribution in [0.1, 0.15) is 29.6 Å². The van der Waals surface area contributed by atoms with Gasteiger partial charge in [-0.25, -0.2) is 18.7 Å². The number of ether oxygens (including phenoxy) is 1. The lowest BCUT2D eigenvalue weighted by atomic mass is 9.95. The maximum atomic E-state index is 13.4. The third-order valence-corrected chi connectivity index (χ3v) is 5.83. The highest BCUT2D eigenvalue weighted by Crippen LogP contribution is 2.25. The summed E-state index contributed by atoms with van der Waals surface area (Å²) in [4.78, 5) is 36.5. The number of rotatable bonds is 6. The predicted octanol–water partition coefficient (Wildman–Crippen LogP) is 2.53.